The Hall–Kier alpha value is -1.86. The third kappa shape index (κ3) is 2.08. The molecular weight excluding hydrogens is 269 g/mol. The second-order valence-corrected chi connectivity index (χ2v) is 6.32. The quantitative estimate of drug-likeness (QED) is 0.670. The molecular formula is C12H18FN3O4. The minimum absolute atomic E-state index is 0.123. The molecule has 2 aliphatic rings. The molecule has 1 aliphatic heterocycles. The number of carbonyl (C=O) groups is 3. The van der Waals surface area contributed by atoms with Gasteiger partial charge in [-0.05, 0) is 33.6 Å². The van der Waals surface area contributed by atoms with Crippen LogP contribution in [0.15, 0.2) is 0 Å². The normalized spacial score (nSPS) is 27.8. The molecule has 0 aromatic carbocycles. The zero-order chi connectivity index (χ0) is 15.3. The minimum atomic E-state index is -1.89. The number of nitrogens with one attached hydrogen (secondary N) is 2. The van der Waals surface area contributed by atoms with Crippen molar-refractivity contribution in [1.82, 2.24) is 15.5 Å². The van der Waals surface area contributed by atoms with E-state index < -0.39 is 41.3 Å². The summed E-state index contributed by atoms with van der Waals surface area (Å²) < 4.78 is 14.6. The van der Waals surface area contributed by atoms with Crippen molar-refractivity contribution in [3.05, 3.63) is 0 Å². The summed E-state index contributed by atoms with van der Waals surface area (Å²) in [6.45, 7) is 4.50. The van der Waals surface area contributed by atoms with E-state index in [1.54, 1.807) is 20.8 Å². The molecule has 3 N–H and O–H groups in total. The predicted octanol–water partition coefficient (Wildman–Crippen LogP) is 0.845. The summed E-state index contributed by atoms with van der Waals surface area (Å²) in [6, 6.07) is -0.793. The molecule has 0 spiro atoms. The SMILES string of the molecule is CC(C)(C)N(CC1(C2(F)CC2)NC(=O)NC1=O)C(=O)O. The summed E-state index contributed by atoms with van der Waals surface area (Å²) in [5, 5.41) is 13.6. The van der Waals surface area contributed by atoms with E-state index in [0.29, 0.717) is 0 Å². The minimum Gasteiger partial charge on any atom is -0.465 e. The molecule has 0 radical (unpaired) electrons. The standard InChI is InChI=1S/C12H18FN3O4/c1-10(2,3)16(9(19)20)6-12(11(13)4-5-11)7(17)14-8(18)15-12/h4-6H2,1-3H3,(H,19,20)(H2,14,15,17,18). The lowest BCUT2D eigenvalue weighted by atomic mass is 9.88. The summed E-state index contributed by atoms with van der Waals surface area (Å²) in [7, 11) is 0. The van der Waals surface area contributed by atoms with E-state index in [2.05, 4.69) is 5.32 Å². The summed E-state index contributed by atoms with van der Waals surface area (Å²) in [5.74, 6) is -0.807. The number of nitrogens with zero attached hydrogens (tertiary/aromatic N) is 1. The fraction of sp³-hybridized carbons (Fsp3) is 0.750. The predicted molar refractivity (Wildman–Crippen MR) is 67.0 cm³/mol. The summed E-state index contributed by atoms with van der Waals surface area (Å²) in [4.78, 5) is 35.7. The number of halogens is 1. The maximum absolute atomic E-state index is 14.6. The summed E-state index contributed by atoms with van der Waals surface area (Å²) in [5.41, 5.74) is -4.55. The van der Waals surface area contributed by atoms with Crippen molar-refractivity contribution >= 4 is 18.0 Å². The first kappa shape index (κ1) is 14.5. The van der Waals surface area contributed by atoms with Crippen molar-refractivity contribution in [3.63, 3.8) is 0 Å². The highest BCUT2D eigenvalue weighted by Gasteiger charge is 2.69. The van der Waals surface area contributed by atoms with Crippen LogP contribution in [0.2, 0.25) is 0 Å². The molecule has 8 heteroatoms. The number of carboxylic acid groups (broad SMARTS) is 1. The Morgan fingerprint density at radius 3 is 2.25 bits per heavy atom. The van der Waals surface area contributed by atoms with Gasteiger partial charge >= 0.3 is 12.1 Å². The first-order valence-corrected chi connectivity index (χ1v) is 6.35. The third-order valence-electron chi connectivity index (χ3n) is 3.83. The molecule has 1 aliphatic carbocycles. The topological polar surface area (TPSA) is 98.7 Å². The number of rotatable bonds is 3. The van der Waals surface area contributed by atoms with Gasteiger partial charge < -0.3 is 15.3 Å². The fourth-order valence-corrected chi connectivity index (χ4v) is 2.43. The Morgan fingerprint density at radius 1 is 1.40 bits per heavy atom. The van der Waals surface area contributed by atoms with Crippen molar-refractivity contribution < 1.29 is 23.9 Å². The van der Waals surface area contributed by atoms with Gasteiger partial charge in [0.05, 0.1) is 6.54 Å². The van der Waals surface area contributed by atoms with Crippen molar-refractivity contribution in [2.75, 3.05) is 6.54 Å². The lowest BCUT2D eigenvalue weighted by molar-refractivity contribution is -0.128. The highest BCUT2D eigenvalue weighted by molar-refractivity contribution is 6.08. The van der Waals surface area contributed by atoms with E-state index in [-0.39, 0.29) is 12.8 Å². The van der Waals surface area contributed by atoms with E-state index >= 15 is 0 Å². The number of alkyl halides is 1. The smallest absolute Gasteiger partial charge is 0.407 e. The van der Waals surface area contributed by atoms with Crippen LogP contribution in [0, 0.1) is 0 Å². The van der Waals surface area contributed by atoms with Crippen LogP contribution in [0.5, 0.6) is 0 Å². The maximum Gasteiger partial charge on any atom is 0.407 e. The van der Waals surface area contributed by atoms with Gasteiger partial charge in [-0.15, -0.1) is 0 Å². The lowest BCUT2D eigenvalue weighted by Gasteiger charge is -2.40. The third-order valence-corrected chi connectivity index (χ3v) is 3.83. The Labute approximate surface area is 115 Å². The van der Waals surface area contributed by atoms with Gasteiger partial charge in [-0.1, -0.05) is 0 Å². The van der Waals surface area contributed by atoms with Crippen molar-refractivity contribution in [1.29, 1.82) is 0 Å². The number of imide groups is 1. The monoisotopic (exact) mass is 287 g/mol. The molecule has 2 rings (SSSR count). The number of hydrogen-bond acceptors (Lipinski definition) is 3. The van der Waals surface area contributed by atoms with Crippen LogP contribution in [0.1, 0.15) is 33.6 Å². The summed E-state index contributed by atoms with van der Waals surface area (Å²) >= 11 is 0. The molecule has 7 nitrogen and oxygen atoms in total. The Bertz CT molecular complexity index is 484. The van der Waals surface area contributed by atoms with Crippen LogP contribution < -0.4 is 10.6 Å². The van der Waals surface area contributed by atoms with E-state index in [1.807, 2.05) is 5.32 Å². The van der Waals surface area contributed by atoms with Crippen molar-refractivity contribution in [2.24, 2.45) is 0 Å². The average molecular weight is 287 g/mol. The number of amides is 4. The van der Waals surface area contributed by atoms with Gasteiger partial charge in [0, 0.05) is 5.54 Å². The van der Waals surface area contributed by atoms with Gasteiger partial charge in [-0.2, -0.15) is 0 Å². The number of carbonyl (C=O) groups excluding carboxylic acids is 2. The van der Waals surface area contributed by atoms with Crippen LogP contribution in [0.3, 0.4) is 0 Å². The molecule has 112 valence electrons. The van der Waals surface area contributed by atoms with Crippen LogP contribution >= 0.6 is 0 Å². The van der Waals surface area contributed by atoms with Crippen molar-refractivity contribution in [2.45, 2.75) is 50.4 Å². The largest absolute Gasteiger partial charge is 0.465 e. The van der Waals surface area contributed by atoms with E-state index in [1.165, 1.54) is 0 Å². The molecule has 0 aromatic rings. The van der Waals surface area contributed by atoms with Crippen molar-refractivity contribution in [3.8, 4) is 0 Å². The van der Waals surface area contributed by atoms with Gasteiger partial charge in [-0.25, -0.2) is 14.0 Å². The number of urea groups is 1. The van der Waals surface area contributed by atoms with E-state index in [9.17, 15) is 23.9 Å². The van der Waals surface area contributed by atoms with E-state index in [0.717, 1.165) is 4.90 Å². The van der Waals surface area contributed by atoms with Gasteiger partial charge in [0.25, 0.3) is 5.91 Å². The van der Waals surface area contributed by atoms with Crippen LogP contribution in [0.4, 0.5) is 14.0 Å². The summed E-state index contributed by atoms with van der Waals surface area (Å²) in [6.07, 6.45) is -1.02. The molecule has 0 aromatic heterocycles. The van der Waals surface area contributed by atoms with Crippen LogP contribution in [-0.2, 0) is 4.79 Å². The molecule has 2 fully saturated rings. The molecule has 4 amide bonds. The Kier molecular flexibility index (Phi) is 2.96. The first-order chi connectivity index (χ1) is 9.02. The molecule has 1 saturated carbocycles. The second-order valence-electron chi connectivity index (χ2n) is 6.32. The van der Waals surface area contributed by atoms with Gasteiger partial charge in [0.2, 0.25) is 0 Å². The molecule has 1 unspecified atom stereocenters. The molecule has 1 saturated heterocycles. The van der Waals surface area contributed by atoms with E-state index in [4.69, 9.17) is 0 Å². The number of hydrogen-bond donors (Lipinski definition) is 3. The first-order valence-electron chi connectivity index (χ1n) is 6.35. The molecule has 20 heavy (non-hydrogen) atoms. The lowest BCUT2D eigenvalue weighted by Crippen LogP contribution is -2.65. The fourth-order valence-electron chi connectivity index (χ4n) is 2.43. The Balaban J connectivity index is 2.37. The second kappa shape index (κ2) is 4.07. The van der Waals surface area contributed by atoms with Crippen LogP contribution in [-0.4, -0.2) is 51.3 Å². The van der Waals surface area contributed by atoms with Gasteiger partial charge in [-0.3, -0.25) is 10.1 Å². The molecule has 0 bridgehead atoms. The maximum atomic E-state index is 14.6. The van der Waals surface area contributed by atoms with Gasteiger partial charge in [0.15, 0.2) is 5.54 Å². The average Bonchev–Trinajstić information content (AvgIpc) is 2.93. The highest BCUT2D eigenvalue weighted by Crippen LogP contribution is 2.50. The highest BCUT2D eigenvalue weighted by atomic mass is 19.1. The molecule has 1 heterocycles. The molecule has 1 atom stereocenters. The van der Waals surface area contributed by atoms with Crippen LogP contribution in [0.25, 0.3) is 0 Å². The van der Waals surface area contributed by atoms with Gasteiger partial charge in [0.1, 0.15) is 5.67 Å². The zero-order valence-electron chi connectivity index (χ0n) is 11.6. The zero-order valence-corrected chi connectivity index (χ0v) is 11.6. The Morgan fingerprint density at radius 2 is 1.95 bits per heavy atom.